The SMILES string of the molecule is CCCC(COC)NC(=O)c1ccc(N)c(Br)c1. The van der Waals surface area contributed by atoms with E-state index in [-0.39, 0.29) is 11.9 Å². The number of methoxy groups -OCH3 is 1. The molecule has 0 radical (unpaired) electrons. The summed E-state index contributed by atoms with van der Waals surface area (Å²) in [6.45, 7) is 2.60. The van der Waals surface area contributed by atoms with Gasteiger partial charge in [0, 0.05) is 22.8 Å². The normalized spacial score (nSPS) is 12.2. The zero-order valence-electron chi connectivity index (χ0n) is 10.7. The van der Waals surface area contributed by atoms with Gasteiger partial charge >= 0.3 is 0 Å². The van der Waals surface area contributed by atoms with Crippen molar-refractivity contribution in [3.8, 4) is 0 Å². The van der Waals surface area contributed by atoms with E-state index in [1.54, 1.807) is 25.3 Å². The molecule has 0 aliphatic heterocycles. The minimum atomic E-state index is -0.105. The standard InChI is InChI=1S/C13H19BrN2O2/c1-3-4-10(8-18-2)16-13(17)9-5-6-12(15)11(14)7-9/h5-7,10H,3-4,8,15H2,1-2H3,(H,16,17). The fourth-order valence-electron chi connectivity index (χ4n) is 1.68. The van der Waals surface area contributed by atoms with Crippen molar-refractivity contribution < 1.29 is 9.53 Å². The second-order valence-electron chi connectivity index (χ2n) is 4.15. The molecule has 3 N–H and O–H groups in total. The number of hydrogen-bond acceptors (Lipinski definition) is 3. The van der Waals surface area contributed by atoms with Crippen molar-refractivity contribution in [3.05, 3.63) is 28.2 Å². The van der Waals surface area contributed by atoms with Gasteiger partial charge in [0.1, 0.15) is 0 Å². The molecule has 1 aromatic rings. The van der Waals surface area contributed by atoms with E-state index in [1.165, 1.54) is 0 Å². The van der Waals surface area contributed by atoms with Crippen molar-refractivity contribution in [3.63, 3.8) is 0 Å². The van der Waals surface area contributed by atoms with Gasteiger partial charge in [-0.1, -0.05) is 13.3 Å². The van der Waals surface area contributed by atoms with E-state index >= 15 is 0 Å². The smallest absolute Gasteiger partial charge is 0.251 e. The van der Waals surface area contributed by atoms with Gasteiger partial charge in [0.15, 0.2) is 0 Å². The van der Waals surface area contributed by atoms with Gasteiger partial charge in [-0.25, -0.2) is 0 Å². The lowest BCUT2D eigenvalue weighted by Crippen LogP contribution is -2.37. The molecule has 1 atom stereocenters. The second-order valence-corrected chi connectivity index (χ2v) is 5.01. The molecule has 1 unspecified atom stereocenters. The zero-order chi connectivity index (χ0) is 13.5. The Labute approximate surface area is 116 Å². The van der Waals surface area contributed by atoms with Gasteiger partial charge in [0.2, 0.25) is 0 Å². The highest BCUT2D eigenvalue weighted by atomic mass is 79.9. The van der Waals surface area contributed by atoms with Gasteiger partial charge in [0.05, 0.1) is 12.6 Å². The Hall–Kier alpha value is -1.07. The monoisotopic (exact) mass is 314 g/mol. The molecule has 4 nitrogen and oxygen atoms in total. The van der Waals surface area contributed by atoms with Crippen molar-refractivity contribution in [1.82, 2.24) is 5.32 Å². The van der Waals surface area contributed by atoms with Crippen molar-refractivity contribution in [2.75, 3.05) is 19.5 Å². The minimum absolute atomic E-state index is 0.0452. The number of carbonyl (C=O) groups is 1. The molecule has 5 heteroatoms. The van der Waals surface area contributed by atoms with Gasteiger partial charge in [-0.05, 0) is 40.5 Å². The van der Waals surface area contributed by atoms with Gasteiger partial charge in [-0.15, -0.1) is 0 Å². The number of halogens is 1. The van der Waals surface area contributed by atoms with E-state index in [1.807, 2.05) is 0 Å². The third kappa shape index (κ3) is 4.31. The molecule has 1 rings (SSSR count). The maximum atomic E-state index is 12.0. The highest BCUT2D eigenvalue weighted by molar-refractivity contribution is 9.10. The Kier molecular flexibility index (Phi) is 6.15. The highest BCUT2D eigenvalue weighted by Gasteiger charge is 2.13. The van der Waals surface area contributed by atoms with Crippen molar-refractivity contribution in [1.29, 1.82) is 0 Å². The molecule has 100 valence electrons. The lowest BCUT2D eigenvalue weighted by Gasteiger charge is -2.17. The summed E-state index contributed by atoms with van der Waals surface area (Å²) >= 11 is 3.31. The number of amides is 1. The van der Waals surface area contributed by atoms with E-state index in [4.69, 9.17) is 10.5 Å². The van der Waals surface area contributed by atoms with Crippen LogP contribution in [0.2, 0.25) is 0 Å². The van der Waals surface area contributed by atoms with Crippen LogP contribution in [0.1, 0.15) is 30.1 Å². The van der Waals surface area contributed by atoms with E-state index in [0.717, 1.165) is 17.3 Å². The number of anilines is 1. The lowest BCUT2D eigenvalue weighted by molar-refractivity contribution is 0.0891. The van der Waals surface area contributed by atoms with Crippen LogP contribution in [-0.2, 0) is 4.74 Å². The average molecular weight is 315 g/mol. The molecule has 18 heavy (non-hydrogen) atoms. The summed E-state index contributed by atoms with van der Waals surface area (Å²) in [6.07, 6.45) is 1.90. The van der Waals surface area contributed by atoms with Crippen LogP contribution in [0.4, 0.5) is 5.69 Å². The predicted molar refractivity (Wildman–Crippen MR) is 76.6 cm³/mol. The largest absolute Gasteiger partial charge is 0.398 e. The summed E-state index contributed by atoms with van der Waals surface area (Å²) in [7, 11) is 1.63. The van der Waals surface area contributed by atoms with Crippen LogP contribution in [0, 0.1) is 0 Å². The molecule has 0 bridgehead atoms. The van der Waals surface area contributed by atoms with Crippen LogP contribution in [0.5, 0.6) is 0 Å². The molecular formula is C13H19BrN2O2. The molecule has 0 heterocycles. The fourth-order valence-corrected chi connectivity index (χ4v) is 2.06. The van der Waals surface area contributed by atoms with Gasteiger partial charge in [0.25, 0.3) is 5.91 Å². The van der Waals surface area contributed by atoms with E-state index in [2.05, 4.69) is 28.2 Å². The Morgan fingerprint density at radius 3 is 2.83 bits per heavy atom. The lowest BCUT2D eigenvalue weighted by atomic mass is 10.1. The maximum absolute atomic E-state index is 12.0. The molecule has 0 aliphatic carbocycles. The summed E-state index contributed by atoms with van der Waals surface area (Å²) in [6, 6.07) is 5.19. The van der Waals surface area contributed by atoms with Gasteiger partial charge in [-0.2, -0.15) is 0 Å². The topological polar surface area (TPSA) is 64.3 Å². The Morgan fingerprint density at radius 2 is 2.28 bits per heavy atom. The molecule has 0 spiro atoms. The van der Waals surface area contributed by atoms with Gasteiger partial charge in [-0.3, -0.25) is 4.79 Å². The number of benzene rings is 1. The van der Waals surface area contributed by atoms with Crippen LogP contribution in [0.25, 0.3) is 0 Å². The van der Waals surface area contributed by atoms with E-state index in [0.29, 0.717) is 17.9 Å². The molecule has 1 aromatic carbocycles. The van der Waals surface area contributed by atoms with Crippen molar-refractivity contribution >= 4 is 27.5 Å². The van der Waals surface area contributed by atoms with Crippen LogP contribution in [0.15, 0.2) is 22.7 Å². The Balaban J connectivity index is 2.70. The van der Waals surface area contributed by atoms with E-state index in [9.17, 15) is 4.79 Å². The number of nitrogen functional groups attached to an aromatic ring is 1. The van der Waals surface area contributed by atoms with Crippen molar-refractivity contribution in [2.24, 2.45) is 0 Å². The Morgan fingerprint density at radius 1 is 1.56 bits per heavy atom. The third-order valence-corrected chi connectivity index (χ3v) is 3.29. The van der Waals surface area contributed by atoms with Crippen LogP contribution in [0.3, 0.4) is 0 Å². The number of rotatable bonds is 6. The summed E-state index contributed by atoms with van der Waals surface area (Å²) < 4.78 is 5.82. The molecule has 0 saturated heterocycles. The summed E-state index contributed by atoms with van der Waals surface area (Å²) in [5.74, 6) is -0.105. The summed E-state index contributed by atoms with van der Waals surface area (Å²) in [5, 5.41) is 2.96. The third-order valence-electron chi connectivity index (χ3n) is 2.60. The van der Waals surface area contributed by atoms with E-state index < -0.39 is 0 Å². The quantitative estimate of drug-likeness (QED) is 0.793. The van der Waals surface area contributed by atoms with Crippen LogP contribution in [-0.4, -0.2) is 25.7 Å². The first-order chi connectivity index (χ1) is 8.58. The second kappa shape index (κ2) is 7.38. The Bertz CT molecular complexity index is 404. The zero-order valence-corrected chi connectivity index (χ0v) is 12.3. The highest BCUT2D eigenvalue weighted by Crippen LogP contribution is 2.20. The first-order valence-corrected chi connectivity index (χ1v) is 6.72. The summed E-state index contributed by atoms with van der Waals surface area (Å²) in [5.41, 5.74) is 6.90. The van der Waals surface area contributed by atoms with Gasteiger partial charge < -0.3 is 15.8 Å². The first kappa shape index (κ1) is 15.0. The number of hydrogen-bond donors (Lipinski definition) is 2. The molecular weight excluding hydrogens is 296 g/mol. The molecule has 1 amide bonds. The summed E-state index contributed by atoms with van der Waals surface area (Å²) in [4.78, 5) is 12.0. The molecule has 0 aromatic heterocycles. The molecule has 0 fully saturated rings. The van der Waals surface area contributed by atoms with Crippen molar-refractivity contribution in [2.45, 2.75) is 25.8 Å². The van der Waals surface area contributed by atoms with Crippen LogP contribution < -0.4 is 11.1 Å². The molecule has 0 saturated carbocycles. The first-order valence-electron chi connectivity index (χ1n) is 5.93. The number of ether oxygens (including phenoxy) is 1. The predicted octanol–water partition coefficient (Wildman–Crippen LogP) is 2.58. The number of carbonyl (C=O) groups excluding carboxylic acids is 1. The van der Waals surface area contributed by atoms with Crippen LogP contribution >= 0.6 is 15.9 Å². The number of nitrogens with one attached hydrogen (secondary N) is 1. The fraction of sp³-hybridized carbons (Fsp3) is 0.462. The average Bonchev–Trinajstić information content (AvgIpc) is 2.33. The number of nitrogens with two attached hydrogens (primary N) is 1. The minimum Gasteiger partial charge on any atom is -0.398 e. The maximum Gasteiger partial charge on any atom is 0.251 e. The molecule has 0 aliphatic rings.